The van der Waals surface area contributed by atoms with Crippen molar-refractivity contribution in [3.8, 4) is 17.1 Å². The van der Waals surface area contributed by atoms with Crippen molar-refractivity contribution in [2.75, 3.05) is 56.2 Å². The summed E-state index contributed by atoms with van der Waals surface area (Å²) in [5.41, 5.74) is 3.56. The number of hydrogen-bond donors (Lipinski definition) is 0. The Bertz CT molecular complexity index is 1710. The minimum absolute atomic E-state index is 0.0941. The van der Waals surface area contributed by atoms with Crippen LogP contribution in [0.15, 0.2) is 103 Å². The van der Waals surface area contributed by atoms with Gasteiger partial charge in [0.05, 0.1) is 18.3 Å². The number of aromatic nitrogens is 2. The molecule has 0 bridgehead atoms. The molecule has 0 unspecified atom stereocenters. The fraction of sp³-hybridized carbons (Fsp3) is 0.250. The van der Waals surface area contributed by atoms with Crippen LogP contribution in [0.25, 0.3) is 22.3 Å². The number of carbonyl (C=O) groups is 1. The van der Waals surface area contributed by atoms with E-state index in [4.69, 9.17) is 14.7 Å². The number of hydrogen-bond acceptors (Lipinski definition) is 6. The Hall–Kier alpha value is -4.98. The van der Waals surface area contributed by atoms with Crippen molar-refractivity contribution in [3.05, 3.63) is 115 Å². The summed E-state index contributed by atoms with van der Waals surface area (Å²) in [4.78, 5) is 29.6. The number of nitrogens with zero attached hydrogens (tertiary/aromatic N) is 5. The van der Waals surface area contributed by atoms with E-state index in [1.165, 1.54) is 11.6 Å². The third kappa shape index (κ3) is 6.64. The van der Waals surface area contributed by atoms with E-state index in [0.717, 1.165) is 34.5 Å². The van der Waals surface area contributed by atoms with E-state index in [1.54, 1.807) is 19.2 Å². The van der Waals surface area contributed by atoms with Crippen LogP contribution in [0.4, 0.5) is 15.9 Å². The van der Waals surface area contributed by atoms with Crippen molar-refractivity contribution in [3.63, 3.8) is 0 Å². The molecule has 6 rings (SSSR count). The molecular formula is C36H36FN5O2. The predicted octanol–water partition coefficient (Wildman–Crippen LogP) is 6.23. The highest BCUT2D eigenvalue weighted by Gasteiger charge is 2.24. The Kier molecular flexibility index (Phi) is 8.96. The fourth-order valence-electron chi connectivity index (χ4n) is 5.70. The number of methoxy groups -OCH3 is 1. The van der Waals surface area contributed by atoms with Gasteiger partial charge in [0.1, 0.15) is 17.4 Å². The van der Waals surface area contributed by atoms with Gasteiger partial charge in [-0.05, 0) is 60.5 Å². The maximum atomic E-state index is 14.3. The van der Waals surface area contributed by atoms with E-state index >= 15 is 0 Å². The molecule has 0 radical (unpaired) electrons. The number of anilines is 2. The van der Waals surface area contributed by atoms with Gasteiger partial charge in [0.25, 0.3) is 0 Å². The molecule has 224 valence electrons. The highest BCUT2D eigenvalue weighted by Crippen LogP contribution is 2.29. The molecule has 1 aromatic heterocycles. The molecule has 1 aliphatic heterocycles. The van der Waals surface area contributed by atoms with Crippen molar-refractivity contribution < 1.29 is 13.9 Å². The molecule has 1 fully saturated rings. The van der Waals surface area contributed by atoms with Crippen LogP contribution in [0.5, 0.6) is 5.75 Å². The van der Waals surface area contributed by atoms with Gasteiger partial charge in [-0.15, -0.1) is 0 Å². The van der Waals surface area contributed by atoms with Crippen molar-refractivity contribution in [2.45, 2.75) is 12.8 Å². The molecule has 8 heteroatoms. The summed E-state index contributed by atoms with van der Waals surface area (Å²) in [6, 6.07) is 32.9. The van der Waals surface area contributed by atoms with Crippen LogP contribution in [0.1, 0.15) is 12.0 Å². The van der Waals surface area contributed by atoms with Gasteiger partial charge < -0.3 is 19.4 Å². The van der Waals surface area contributed by atoms with Gasteiger partial charge in [-0.2, -0.15) is 0 Å². The zero-order valence-corrected chi connectivity index (χ0v) is 24.9. The molecule has 1 amide bonds. The number of halogens is 1. The average Bonchev–Trinajstić information content (AvgIpc) is 3.08. The van der Waals surface area contributed by atoms with Gasteiger partial charge in [-0.25, -0.2) is 14.4 Å². The number of piperazine rings is 1. The van der Waals surface area contributed by atoms with Crippen LogP contribution < -0.4 is 14.5 Å². The van der Waals surface area contributed by atoms with Gasteiger partial charge in [-0.1, -0.05) is 54.6 Å². The molecule has 0 saturated carbocycles. The van der Waals surface area contributed by atoms with Gasteiger partial charge in [0.15, 0.2) is 5.82 Å². The number of ether oxygens (including phenoxy) is 1. The SMILES string of the molecule is COc1ccc(-c2nc(N(CCC(=O)N3CCN(c4ccccc4F)CC3)CCc3ccccc3)c3ccccc3n2)cc1. The van der Waals surface area contributed by atoms with E-state index in [0.29, 0.717) is 57.2 Å². The lowest BCUT2D eigenvalue weighted by atomic mass is 10.1. The topological polar surface area (TPSA) is 61.8 Å². The van der Waals surface area contributed by atoms with Crippen LogP contribution in [0.3, 0.4) is 0 Å². The zero-order valence-electron chi connectivity index (χ0n) is 24.9. The standard InChI is InChI=1S/C36H36FN5O2/c1-44-29-17-15-28(16-18-29)35-38-32-13-7-5-11-30(32)36(39-35)42(21-19-27-9-3-2-4-10-27)22-20-34(43)41-25-23-40(24-26-41)33-14-8-6-12-31(33)37/h2-18H,19-26H2,1H3. The molecule has 5 aromatic rings. The number of amides is 1. The van der Waals surface area contributed by atoms with E-state index < -0.39 is 0 Å². The van der Waals surface area contributed by atoms with E-state index in [9.17, 15) is 9.18 Å². The van der Waals surface area contributed by atoms with Crippen LogP contribution in [-0.4, -0.2) is 67.2 Å². The lowest BCUT2D eigenvalue weighted by Crippen LogP contribution is -2.49. The molecule has 0 N–H and O–H groups in total. The minimum atomic E-state index is -0.229. The van der Waals surface area contributed by atoms with Gasteiger partial charge in [0.2, 0.25) is 5.91 Å². The second kappa shape index (κ2) is 13.5. The molecule has 1 saturated heterocycles. The van der Waals surface area contributed by atoms with Crippen LogP contribution in [0, 0.1) is 5.82 Å². The first-order valence-corrected chi connectivity index (χ1v) is 15.1. The lowest BCUT2D eigenvalue weighted by Gasteiger charge is -2.36. The lowest BCUT2D eigenvalue weighted by molar-refractivity contribution is -0.131. The molecule has 0 aliphatic carbocycles. The Balaban J connectivity index is 1.23. The molecule has 4 aromatic carbocycles. The molecule has 1 aliphatic rings. The van der Waals surface area contributed by atoms with Crippen LogP contribution >= 0.6 is 0 Å². The second-order valence-electron chi connectivity index (χ2n) is 10.9. The number of benzene rings is 4. The summed E-state index contributed by atoms with van der Waals surface area (Å²) in [7, 11) is 1.65. The molecule has 7 nitrogen and oxygen atoms in total. The summed E-state index contributed by atoms with van der Waals surface area (Å²) in [5, 5.41) is 0.948. The highest BCUT2D eigenvalue weighted by atomic mass is 19.1. The van der Waals surface area contributed by atoms with E-state index in [2.05, 4.69) is 17.0 Å². The molecule has 0 spiro atoms. The second-order valence-corrected chi connectivity index (χ2v) is 10.9. The highest BCUT2D eigenvalue weighted by molar-refractivity contribution is 5.91. The normalized spacial score (nSPS) is 13.2. The maximum Gasteiger partial charge on any atom is 0.224 e. The first-order valence-electron chi connectivity index (χ1n) is 15.1. The smallest absolute Gasteiger partial charge is 0.224 e. The number of rotatable bonds is 10. The van der Waals surface area contributed by atoms with Gasteiger partial charge >= 0.3 is 0 Å². The fourth-order valence-corrected chi connectivity index (χ4v) is 5.70. The summed E-state index contributed by atoms with van der Waals surface area (Å²) in [6.07, 6.45) is 1.16. The van der Waals surface area contributed by atoms with Gasteiger partial charge in [0, 0.05) is 56.6 Å². The summed E-state index contributed by atoms with van der Waals surface area (Å²) in [6.45, 7) is 3.55. The summed E-state index contributed by atoms with van der Waals surface area (Å²) < 4.78 is 19.7. The van der Waals surface area contributed by atoms with Crippen LogP contribution in [0.2, 0.25) is 0 Å². The predicted molar refractivity (Wildman–Crippen MR) is 174 cm³/mol. The monoisotopic (exact) mass is 589 g/mol. The van der Waals surface area contributed by atoms with E-state index in [-0.39, 0.29) is 11.7 Å². The number of carbonyl (C=O) groups excluding carboxylic acids is 1. The average molecular weight is 590 g/mol. The van der Waals surface area contributed by atoms with Crippen molar-refractivity contribution in [1.82, 2.24) is 14.9 Å². The third-order valence-corrected chi connectivity index (χ3v) is 8.17. The number of para-hydroxylation sites is 2. The maximum absolute atomic E-state index is 14.3. The quantitative estimate of drug-likeness (QED) is 0.192. The van der Waals surface area contributed by atoms with Crippen LogP contribution in [-0.2, 0) is 11.2 Å². The van der Waals surface area contributed by atoms with Crippen molar-refractivity contribution in [2.24, 2.45) is 0 Å². The van der Waals surface area contributed by atoms with Crippen molar-refractivity contribution >= 4 is 28.3 Å². The Morgan fingerprint density at radius 2 is 1.52 bits per heavy atom. The van der Waals surface area contributed by atoms with Gasteiger partial charge in [-0.3, -0.25) is 4.79 Å². The first-order chi connectivity index (χ1) is 21.6. The zero-order chi connectivity index (χ0) is 30.3. The Morgan fingerprint density at radius 3 is 2.27 bits per heavy atom. The Morgan fingerprint density at radius 1 is 0.818 bits per heavy atom. The minimum Gasteiger partial charge on any atom is -0.497 e. The molecule has 44 heavy (non-hydrogen) atoms. The third-order valence-electron chi connectivity index (χ3n) is 8.17. The summed E-state index contributed by atoms with van der Waals surface area (Å²) in [5.74, 6) is 2.08. The largest absolute Gasteiger partial charge is 0.497 e. The van der Waals surface area contributed by atoms with E-state index in [1.807, 2.05) is 82.6 Å². The van der Waals surface area contributed by atoms with Crippen molar-refractivity contribution in [1.29, 1.82) is 0 Å². The summed E-state index contributed by atoms with van der Waals surface area (Å²) >= 11 is 0. The molecular weight excluding hydrogens is 553 g/mol. The molecule has 2 heterocycles. The first kappa shape index (κ1) is 29.1. The number of fused-ring (bicyclic) bond motifs is 1. The Labute approximate surface area is 257 Å². The molecule has 0 atom stereocenters.